The molecule has 27 heavy (non-hydrogen) atoms. The lowest BCUT2D eigenvalue weighted by Crippen LogP contribution is -2.26. The Kier molecular flexibility index (Phi) is 5.19. The van der Waals surface area contributed by atoms with E-state index in [9.17, 15) is 13.6 Å². The topological polar surface area (TPSA) is 61.9 Å². The van der Waals surface area contributed by atoms with Gasteiger partial charge in [0.25, 0.3) is 5.56 Å². The first-order chi connectivity index (χ1) is 12.9. The lowest BCUT2D eigenvalue weighted by molar-refractivity contribution is 0.570. The molecule has 0 atom stereocenters. The third-order valence-electron chi connectivity index (χ3n) is 3.93. The smallest absolute Gasteiger partial charge is 0.292 e. The molecule has 1 heterocycles. The molecule has 3 rings (SSSR count). The minimum absolute atomic E-state index is 0.146. The highest BCUT2D eigenvalue weighted by molar-refractivity contribution is 6.33. The lowest BCUT2D eigenvalue weighted by atomic mass is 10.1. The number of benzene rings is 2. The maximum atomic E-state index is 13.9. The molecule has 0 aliphatic rings. The second kappa shape index (κ2) is 7.56. The predicted octanol–water partition coefficient (Wildman–Crippen LogP) is 3.67. The van der Waals surface area contributed by atoms with Gasteiger partial charge in [0.2, 0.25) is 0 Å². The van der Waals surface area contributed by atoms with Gasteiger partial charge >= 0.3 is 0 Å². The van der Waals surface area contributed by atoms with Crippen LogP contribution in [-0.2, 0) is 6.54 Å². The van der Waals surface area contributed by atoms with Gasteiger partial charge in [-0.3, -0.25) is 4.79 Å². The Morgan fingerprint density at radius 2 is 2.04 bits per heavy atom. The van der Waals surface area contributed by atoms with E-state index in [4.69, 9.17) is 16.9 Å². The molecule has 0 spiro atoms. The van der Waals surface area contributed by atoms with E-state index < -0.39 is 17.2 Å². The zero-order valence-electron chi connectivity index (χ0n) is 14.2. The van der Waals surface area contributed by atoms with Gasteiger partial charge in [-0.2, -0.15) is 15.0 Å². The minimum atomic E-state index is -0.921. The number of nitrogens with zero attached hydrogens (tertiary/aromatic N) is 4. The van der Waals surface area contributed by atoms with E-state index in [-0.39, 0.29) is 10.7 Å². The molecule has 136 valence electrons. The maximum Gasteiger partial charge on any atom is 0.292 e. The highest BCUT2D eigenvalue weighted by atomic mass is 35.5. The Morgan fingerprint density at radius 1 is 1.26 bits per heavy atom. The van der Waals surface area contributed by atoms with Gasteiger partial charge in [0, 0.05) is 19.7 Å². The van der Waals surface area contributed by atoms with Crippen LogP contribution in [0.5, 0.6) is 0 Å². The van der Waals surface area contributed by atoms with E-state index in [1.54, 1.807) is 30.1 Å². The van der Waals surface area contributed by atoms with Gasteiger partial charge in [0.15, 0.2) is 5.82 Å². The van der Waals surface area contributed by atoms with Crippen LogP contribution in [0.3, 0.4) is 0 Å². The number of rotatable bonds is 4. The molecular weight excluding hydrogens is 374 g/mol. The van der Waals surface area contributed by atoms with Crippen LogP contribution >= 0.6 is 11.6 Å². The van der Waals surface area contributed by atoms with Gasteiger partial charge in [0.05, 0.1) is 23.5 Å². The number of aromatic nitrogens is 2. The summed E-state index contributed by atoms with van der Waals surface area (Å²) in [6.07, 6.45) is 1.33. The molecule has 0 N–H and O–H groups in total. The van der Waals surface area contributed by atoms with Crippen LogP contribution in [0.4, 0.5) is 14.5 Å². The Bertz CT molecular complexity index is 1110. The number of hydrogen-bond acceptors (Lipinski definition) is 4. The van der Waals surface area contributed by atoms with E-state index in [0.29, 0.717) is 23.9 Å². The van der Waals surface area contributed by atoms with Crippen LogP contribution in [0.25, 0.3) is 5.69 Å². The highest BCUT2D eigenvalue weighted by Crippen LogP contribution is 2.23. The summed E-state index contributed by atoms with van der Waals surface area (Å²) >= 11 is 6.19. The van der Waals surface area contributed by atoms with Crippen molar-refractivity contribution in [1.82, 2.24) is 9.78 Å². The number of hydrogen-bond donors (Lipinski definition) is 0. The largest absolute Gasteiger partial charge is 0.368 e. The van der Waals surface area contributed by atoms with E-state index >= 15 is 0 Å². The zero-order valence-corrected chi connectivity index (χ0v) is 14.9. The Morgan fingerprint density at radius 3 is 2.74 bits per heavy atom. The first-order valence-corrected chi connectivity index (χ1v) is 8.22. The van der Waals surface area contributed by atoms with Crippen molar-refractivity contribution in [2.45, 2.75) is 6.54 Å². The number of nitriles is 1. The molecule has 5 nitrogen and oxygen atoms in total. The van der Waals surface area contributed by atoms with Crippen molar-refractivity contribution >= 4 is 17.3 Å². The molecule has 0 aliphatic carbocycles. The fourth-order valence-corrected chi connectivity index (χ4v) is 2.89. The zero-order chi connectivity index (χ0) is 19.6. The van der Waals surface area contributed by atoms with Gasteiger partial charge < -0.3 is 4.90 Å². The van der Waals surface area contributed by atoms with Gasteiger partial charge in [-0.15, -0.1) is 0 Å². The molecule has 0 saturated carbocycles. The molecular formula is C19H13ClF2N4O. The van der Waals surface area contributed by atoms with Crippen LogP contribution in [0.1, 0.15) is 11.1 Å². The summed E-state index contributed by atoms with van der Waals surface area (Å²) in [6, 6.07) is 11.9. The Labute approximate surface area is 158 Å². The first-order valence-electron chi connectivity index (χ1n) is 7.84. The predicted molar refractivity (Wildman–Crippen MR) is 98.0 cm³/mol. The van der Waals surface area contributed by atoms with Gasteiger partial charge in [-0.05, 0) is 29.8 Å². The summed E-state index contributed by atoms with van der Waals surface area (Å²) in [5.74, 6) is -1.68. The molecule has 0 bridgehead atoms. The molecule has 1 aromatic heterocycles. The summed E-state index contributed by atoms with van der Waals surface area (Å²) in [4.78, 5) is 14.2. The summed E-state index contributed by atoms with van der Waals surface area (Å²) in [6.45, 7) is 0.380. The monoisotopic (exact) mass is 386 g/mol. The lowest BCUT2D eigenvalue weighted by Gasteiger charge is -2.20. The van der Waals surface area contributed by atoms with Crippen LogP contribution in [0.15, 0.2) is 53.5 Å². The molecule has 0 amide bonds. The molecule has 8 heteroatoms. The molecule has 0 radical (unpaired) electrons. The summed E-state index contributed by atoms with van der Waals surface area (Å²) in [5, 5.41) is 12.8. The average Bonchev–Trinajstić information content (AvgIpc) is 2.64. The second-order valence-electron chi connectivity index (χ2n) is 5.82. The minimum Gasteiger partial charge on any atom is -0.368 e. The molecule has 0 unspecified atom stereocenters. The summed E-state index contributed by atoms with van der Waals surface area (Å²) < 4.78 is 27.8. The Balaban J connectivity index is 1.95. The number of halogens is 3. The van der Waals surface area contributed by atoms with Gasteiger partial charge in [-0.1, -0.05) is 23.7 Å². The van der Waals surface area contributed by atoms with Crippen LogP contribution < -0.4 is 10.5 Å². The molecule has 0 saturated heterocycles. The van der Waals surface area contributed by atoms with Crippen molar-refractivity contribution in [3.8, 4) is 11.8 Å². The van der Waals surface area contributed by atoms with Crippen molar-refractivity contribution in [2.24, 2.45) is 0 Å². The second-order valence-corrected chi connectivity index (χ2v) is 6.20. The quantitative estimate of drug-likeness (QED) is 0.686. The standard InChI is InChI=1S/C19H13ClF2N4O/c1-25(11-13-4-2-3-12(7-13)9-23)17-10-24-26(19(27)18(17)20)16-6-5-14(21)8-15(16)22/h2-8,10H,11H2,1H3. The van der Waals surface area contributed by atoms with Crippen molar-refractivity contribution in [3.05, 3.63) is 86.8 Å². The molecule has 3 aromatic rings. The summed E-state index contributed by atoms with van der Waals surface area (Å²) in [5.41, 5.74) is 0.799. The van der Waals surface area contributed by atoms with Crippen LogP contribution in [-0.4, -0.2) is 16.8 Å². The summed E-state index contributed by atoms with van der Waals surface area (Å²) in [7, 11) is 1.71. The molecule has 0 fully saturated rings. The van der Waals surface area contributed by atoms with Crippen molar-refractivity contribution in [3.63, 3.8) is 0 Å². The van der Waals surface area contributed by atoms with Crippen molar-refractivity contribution in [1.29, 1.82) is 5.26 Å². The Hall–Kier alpha value is -3.24. The third-order valence-corrected chi connectivity index (χ3v) is 4.28. The van der Waals surface area contributed by atoms with Crippen LogP contribution in [0.2, 0.25) is 5.02 Å². The van der Waals surface area contributed by atoms with Crippen molar-refractivity contribution in [2.75, 3.05) is 11.9 Å². The van der Waals surface area contributed by atoms with Gasteiger partial charge in [0.1, 0.15) is 16.5 Å². The first kappa shape index (κ1) is 18.5. The molecule has 2 aromatic carbocycles. The third kappa shape index (κ3) is 3.81. The molecule has 0 aliphatic heterocycles. The average molecular weight is 387 g/mol. The van der Waals surface area contributed by atoms with Crippen molar-refractivity contribution < 1.29 is 8.78 Å². The van der Waals surface area contributed by atoms with E-state index in [1.165, 1.54) is 6.20 Å². The fourth-order valence-electron chi connectivity index (χ4n) is 2.61. The van der Waals surface area contributed by atoms with Gasteiger partial charge in [-0.25, -0.2) is 8.78 Å². The van der Waals surface area contributed by atoms with Crippen LogP contribution in [0, 0.1) is 23.0 Å². The fraction of sp³-hybridized carbons (Fsp3) is 0.105. The SMILES string of the molecule is CN(Cc1cccc(C#N)c1)c1cnn(-c2ccc(F)cc2F)c(=O)c1Cl. The van der Waals surface area contributed by atoms with E-state index in [2.05, 4.69) is 11.2 Å². The van der Waals surface area contributed by atoms with E-state index in [0.717, 1.165) is 22.4 Å². The normalized spacial score (nSPS) is 10.5. The number of anilines is 1. The maximum absolute atomic E-state index is 13.9. The highest BCUT2D eigenvalue weighted by Gasteiger charge is 2.16. The van der Waals surface area contributed by atoms with E-state index in [1.807, 2.05) is 6.07 Å².